The second-order valence-electron chi connectivity index (χ2n) is 6.66. The van der Waals surface area contributed by atoms with Crippen LogP contribution in [0.2, 0.25) is 0 Å². The van der Waals surface area contributed by atoms with Gasteiger partial charge in [-0.3, -0.25) is 0 Å². The molecule has 8 nitrogen and oxygen atoms in total. The standard InChI is InChI=1S/C20H26N2O6S/c1-14(2)22(20(23)21-16-7-6-8-17(12-16)26-3)13-15-9-10-18(27-4)19(11-15)28-29(5,24)25/h6-12,14H,13H2,1-5H3,(H,21,23). The molecule has 0 aliphatic carbocycles. The molecule has 9 heteroatoms. The maximum Gasteiger partial charge on any atom is 0.322 e. The first-order valence-electron chi connectivity index (χ1n) is 8.91. The molecule has 2 aromatic rings. The molecule has 158 valence electrons. The lowest BCUT2D eigenvalue weighted by molar-refractivity contribution is 0.193. The average molecular weight is 423 g/mol. The number of urea groups is 1. The van der Waals surface area contributed by atoms with Crippen LogP contribution < -0.4 is 19.0 Å². The predicted molar refractivity (Wildman–Crippen MR) is 111 cm³/mol. The highest BCUT2D eigenvalue weighted by Crippen LogP contribution is 2.30. The Labute approximate surface area is 171 Å². The molecule has 0 radical (unpaired) electrons. The quantitative estimate of drug-likeness (QED) is 0.655. The monoisotopic (exact) mass is 422 g/mol. The summed E-state index contributed by atoms with van der Waals surface area (Å²) in [5.74, 6) is 0.997. The molecule has 2 rings (SSSR count). The minimum atomic E-state index is -3.72. The molecule has 0 aliphatic rings. The van der Waals surface area contributed by atoms with Crippen molar-refractivity contribution in [2.24, 2.45) is 0 Å². The normalized spacial score (nSPS) is 11.1. The van der Waals surface area contributed by atoms with Crippen molar-refractivity contribution in [3.05, 3.63) is 48.0 Å². The summed E-state index contributed by atoms with van der Waals surface area (Å²) in [5, 5.41) is 2.85. The van der Waals surface area contributed by atoms with Gasteiger partial charge in [0, 0.05) is 24.3 Å². The van der Waals surface area contributed by atoms with Gasteiger partial charge in [-0.2, -0.15) is 8.42 Å². The number of ether oxygens (including phenoxy) is 2. The van der Waals surface area contributed by atoms with Crippen molar-refractivity contribution >= 4 is 21.8 Å². The Morgan fingerprint density at radius 2 is 1.79 bits per heavy atom. The van der Waals surface area contributed by atoms with Gasteiger partial charge in [-0.05, 0) is 43.7 Å². The molecule has 0 saturated heterocycles. The molecule has 29 heavy (non-hydrogen) atoms. The summed E-state index contributed by atoms with van der Waals surface area (Å²) in [6, 6.07) is 11.6. The number of hydrogen-bond acceptors (Lipinski definition) is 6. The third-order valence-corrected chi connectivity index (χ3v) is 4.51. The SMILES string of the molecule is COc1cccc(NC(=O)N(Cc2ccc(OC)c(OS(C)(=O)=O)c2)C(C)C)c1. The lowest BCUT2D eigenvalue weighted by Crippen LogP contribution is -2.39. The van der Waals surface area contributed by atoms with E-state index in [-0.39, 0.29) is 30.1 Å². The third kappa shape index (κ3) is 6.56. The molecule has 0 fully saturated rings. The summed E-state index contributed by atoms with van der Waals surface area (Å²) in [6.45, 7) is 4.03. The van der Waals surface area contributed by atoms with E-state index in [1.807, 2.05) is 13.8 Å². The molecule has 0 bridgehead atoms. The number of methoxy groups -OCH3 is 2. The smallest absolute Gasteiger partial charge is 0.322 e. The van der Waals surface area contributed by atoms with Crippen LogP contribution in [0.1, 0.15) is 19.4 Å². The number of amides is 2. The highest BCUT2D eigenvalue weighted by atomic mass is 32.2. The fourth-order valence-electron chi connectivity index (χ4n) is 2.63. The van der Waals surface area contributed by atoms with Crippen LogP contribution in [0.3, 0.4) is 0 Å². The van der Waals surface area contributed by atoms with E-state index in [0.29, 0.717) is 17.0 Å². The van der Waals surface area contributed by atoms with Crippen LogP contribution in [0.4, 0.5) is 10.5 Å². The van der Waals surface area contributed by atoms with Crippen molar-refractivity contribution in [1.82, 2.24) is 4.90 Å². The zero-order valence-corrected chi connectivity index (χ0v) is 17.9. The minimum absolute atomic E-state index is 0.0735. The van der Waals surface area contributed by atoms with E-state index in [1.54, 1.807) is 54.5 Å². The summed E-state index contributed by atoms with van der Waals surface area (Å²) >= 11 is 0. The van der Waals surface area contributed by atoms with E-state index in [1.165, 1.54) is 7.11 Å². The van der Waals surface area contributed by atoms with Gasteiger partial charge >= 0.3 is 16.1 Å². The first-order chi connectivity index (χ1) is 13.6. The Morgan fingerprint density at radius 1 is 1.07 bits per heavy atom. The third-order valence-electron chi connectivity index (χ3n) is 4.03. The summed E-state index contributed by atoms with van der Waals surface area (Å²) in [6.07, 6.45) is 0.959. The molecule has 0 saturated carbocycles. The summed E-state index contributed by atoms with van der Waals surface area (Å²) in [4.78, 5) is 14.4. The number of nitrogens with zero attached hydrogens (tertiary/aromatic N) is 1. The molecule has 0 atom stereocenters. The fraction of sp³-hybridized carbons (Fsp3) is 0.350. The zero-order chi connectivity index (χ0) is 21.6. The number of carbonyl (C=O) groups is 1. The van der Waals surface area contributed by atoms with Crippen molar-refractivity contribution in [3.63, 3.8) is 0 Å². The van der Waals surface area contributed by atoms with Crippen molar-refractivity contribution < 1.29 is 26.9 Å². The molecule has 0 aromatic heterocycles. The van der Waals surface area contributed by atoms with E-state index >= 15 is 0 Å². The fourth-order valence-corrected chi connectivity index (χ4v) is 3.09. The minimum Gasteiger partial charge on any atom is -0.497 e. The Bertz CT molecular complexity index is 959. The van der Waals surface area contributed by atoms with Crippen LogP contribution in [0.5, 0.6) is 17.2 Å². The van der Waals surface area contributed by atoms with E-state index in [2.05, 4.69) is 5.32 Å². The second kappa shape index (κ2) is 9.51. The van der Waals surface area contributed by atoms with Gasteiger partial charge in [-0.15, -0.1) is 0 Å². The van der Waals surface area contributed by atoms with Gasteiger partial charge in [0.05, 0.1) is 20.5 Å². The molecule has 0 aliphatic heterocycles. The number of nitrogens with one attached hydrogen (secondary N) is 1. The highest BCUT2D eigenvalue weighted by molar-refractivity contribution is 7.86. The van der Waals surface area contributed by atoms with Gasteiger partial charge < -0.3 is 23.9 Å². The van der Waals surface area contributed by atoms with E-state index in [4.69, 9.17) is 13.7 Å². The van der Waals surface area contributed by atoms with E-state index < -0.39 is 10.1 Å². The first-order valence-corrected chi connectivity index (χ1v) is 10.7. The predicted octanol–water partition coefficient (Wildman–Crippen LogP) is 3.48. The van der Waals surface area contributed by atoms with Gasteiger partial charge in [-0.25, -0.2) is 4.79 Å². The van der Waals surface area contributed by atoms with Gasteiger partial charge in [0.2, 0.25) is 0 Å². The maximum atomic E-state index is 12.8. The molecule has 2 aromatic carbocycles. The maximum absolute atomic E-state index is 12.8. The van der Waals surface area contributed by atoms with Crippen molar-refractivity contribution in [3.8, 4) is 17.2 Å². The van der Waals surface area contributed by atoms with Crippen LogP contribution in [0, 0.1) is 0 Å². The van der Waals surface area contributed by atoms with Crippen LogP contribution in [0.25, 0.3) is 0 Å². The number of anilines is 1. The van der Waals surface area contributed by atoms with Gasteiger partial charge in [0.1, 0.15) is 5.75 Å². The molecular weight excluding hydrogens is 396 g/mol. The van der Waals surface area contributed by atoms with Crippen LogP contribution in [0.15, 0.2) is 42.5 Å². The molecule has 2 amide bonds. The summed E-state index contributed by atoms with van der Waals surface area (Å²) in [5.41, 5.74) is 1.30. The van der Waals surface area contributed by atoms with E-state index in [0.717, 1.165) is 6.26 Å². The molecule has 1 N–H and O–H groups in total. The van der Waals surface area contributed by atoms with Crippen LogP contribution in [-0.2, 0) is 16.7 Å². The molecular formula is C20H26N2O6S. The van der Waals surface area contributed by atoms with Crippen LogP contribution >= 0.6 is 0 Å². The van der Waals surface area contributed by atoms with Gasteiger partial charge in [0.25, 0.3) is 0 Å². The molecule has 0 heterocycles. The number of rotatable bonds is 8. The Hall–Kier alpha value is -2.94. The number of hydrogen-bond donors (Lipinski definition) is 1. The van der Waals surface area contributed by atoms with Gasteiger partial charge in [0.15, 0.2) is 11.5 Å². The topological polar surface area (TPSA) is 94.2 Å². The van der Waals surface area contributed by atoms with Crippen molar-refractivity contribution in [1.29, 1.82) is 0 Å². The summed E-state index contributed by atoms with van der Waals surface area (Å²) < 4.78 is 38.4. The Balaban J connectivity index is 2.23. The Morgan fingerprint density at radius 3 is 2.38 bits per heavy atom. The Kier molecular flexibility index (Phi) is 7.33. The second-order valence-corrected chi connectivity index (χ2v) is 8.23. The van der Waals surface area contributed by atoms with Gasteiger partial charge in [-0.1, -0.05) is 12.1 Å². The summed E-state index contributed by atoms with van der Waals surface area (Å²) in [7, 11) is -0.740. The largest absolute Gasteiger partial charge is 0.497 e. The molecule has 0 unspecified atom stereocenters. The van der Waals surface area contributed by atoms with E-state index in [9.17, 15) is 13.2 Å². The number of carbonyl (C=O) groups excluding carboxylic acids is 1. The van der Waals surface area contributed by atoms with Crippen molar-refractivity contribution in [2.75, 3.05) is 25.8 Å². The molecule has 0 spiro atoms. The highest BCUT2D eigenvalue weighted by Gasteiger charge is 2.19. The average Bonchev–Trinajstić information content (AvgIpc) is 2.64. The first kappa shape index (κ1) is 22.4. The van der Waals surface area contributed by atoms with Crippen molar-refractivity contribution in [2.45, 2.75) is 26.4 Å². The number of benzene rings is 2. The lowest BCUT2D eigenvalue weighted by Gasteiger charge is -2.27. The zero-order valence-electron chi connectivity index (χ0n) is 17.1. The lowest BCUT2D eigenvalue weighted by atomic mass is 10.1. The van der Waals surface area contributed by atoms with Crippen LogP contribution in [-0.4, -0.2) is 45.9 Å².